The second-order valence-corrected chi connectivity index (χ2v) is 3.74. The van der Waals surface area contributed by atoms with Gasteiger partial charge in [-0.05, 0) is 19.9 Å². The first kappa shape index (κ1) is 14.3. The molecule has 1 aromatic carbocycles. The van der Waals surface area contributed by atoms with Gasteiger partial charge in [-0.15, -0.1) is 0 Å². The SMILES string of the molecule is COC=C(C(C)=O)c1ccccc1OC(C)OC. The lowest BCUT2D eigenvalue weighted by molar-refractivity contribution is -0.111. The lowest BCUT2D eigenvalue weighted by Gasteiger charge is -2.16. The highest BCUT2D eigenvalue weighted by Gasteiger charge is 2.14. The number of hydrogen-bond acceptors (Lipinski definition) is 4. The summed E-state index contributed by atoms with van der Waals surface area (Å²) >= 11 is 0. The van der Waals surface area contributed by atoms with Gasteiger partial charge >= 0.3 is 0 Å². The molecule has 0 aliphatic rings. The Labute approximate surface area is 107 Å². The van der Waals surface area contributed by atoms with Crippen molar-refractivity contribution in [2.75, 3.05) is 14.2 Å². The maximum absolute atomic E-state index is 11.6. The van der Waals surface area contributed by atoms with E-state index < -0.39 is 0 Å². The van der Waals surface area contributed by atoms with Crippen LogP contribution in [-0.2, 0) is 14.3 Å². The van der Waals surface area contributed by atoms with Crippen LogP contribution in [0.2, 0.25) is 0 Å². The van der Waals surface area contributed by atoms with Crippen LogP contribution in [0.25, 0.3) is 5.57 Å². The molecule has 0 radical (unpaired) electrons. The Morgan fingerprint density at radius 1 is 1.28 bits per heavy atom. The predicted molar refractivity (Wildman–Crippen MR) is 69.2 cm³/mol. The van der Waals surface area contributed by atoms with Gasteiger partial charge in [0.25, 0.3) is 0 Å². The largest absolute Gasteiger partial charge is 0.504 e. The molecular weight excluding hydrogens is 232 g/mol. The maximum atomic E-state index is 11.6. The summed E-state index contributed by atoms with van der Waals surface area (Å²) in [4.78, 5) is 11.6. The number of allylic oxidation sites excluding steroid dienone is 1. The molecular formula is C14H18O4. The van der Waals surface area contributed by atoms with Crippen molar-refractivity contribution in [1.29, 1.82) is 0 Å². The highest BCUT2D eigenvalue weighted by atomic mass is 16.7. The van der Waals surface area contributed by atoms with Crippen LogP contribution < -0.4 is 4.74 Å². The van der Waals surface area contributed by atoms with Crippen molar-refractivity contribution in [1.82, 2.24) is 0 Å². The maximum Gasteiger partial charge on any atom is 0.196 e. The average molecular weight is 250 g/mol. The summed E-state index contributed by atoms with van der Waals surface area (Å²) in [5, 5.41) is 0. The highest BCUT2D eigenvalue weighted by Crippen LogP contribution is 2.27. The smallest absolute Gasteiger partial charge is 0.196 e. The van der Waals surface area contributed by atoms with Crippen LogP contribution in [0.15, 0.2) is 30.5 Å². The monoisotopic (exact) mass is 250 g/mol. The molecule has 4 heteroatoms. The van der Waals surface area contributed by atoms with E-state index in [0.717, 1.165) is 0 Å². The number of rotatable bonds is 6. The minimum absolute atomic E-state index is 0.0852. The van der Waals surface area contributed by atoms with Crippen LogP contribution in [0.5, 0.6) is 5.75 Å². The van der Waals surface area contributed by atoms with Crippen molar-refractivity contribution in [2.45, 2.75) is 20.1 Å². The van der Waals surface area contributed by atoms with Crippen LogP contribution in [0.3, 0.4) is 0 Å². The number of ketones is 1. The van der Waals surface area contributed by atoms with E-state index >= 15 is 0 Å². The summed E-state index contributed by atoms with van der Waals surface area (Å²) in [6, 6.07) is 7.28. The molecule has 0 aliphatic heterocycles. The van der Waals surface area contributed by atoms with Crippen LogP contribution in [-0.4, -0.2) is 26.3 Å². The third kappa shape index (κ3) is 3.60. The van der Waals surface area contributed by atoms with E-state index in [1.54, 1.807) is 20.1 Å². The van der Waals surface area contributed by atoms with Gasteiger partial charge in [-0.1, -0.05) is 18.2 Å². The van der Waals surface area contributed by atoms with Crippen molar-refractivity contribution in [2.24, 2.45) is 0 Å². The molecule has 98 valence electrons. The second-order valence-electron chi connectivity index (χ2n) is 3.74. The van der Waals surface area contributed by atoms with Gasteiger partial charge in [0, 0.05) is 12.7 Å². The Bertz CT molecular complexity index is 437. The fourth-order valence-electron chi connectivity index (χ4n) is 1.47. The number of methoxy groups -OCH3 is 2. The number of hydrogen-bond donors (Lipinski definition) is 0. The zero-order valence-electron chi connectivity index (χ0n) is 11.1. The molecule has 0 N–H and O–H groups in total. The molecule has 0 saturated heterocycles. The standard InChI is InChI=1S/C14H18O4/c1-10(15)13(9-16-3)12-7-5-6-8-14(12)18-11(2)17-4/h5-9,11H,1-4H3. The van der Waals surface area contributed by atoms with Gasteiger partial charge in [0.05, 0.1) is 18.9 Å². The Balaban J connectivity index is 3.14. The van der Waals surface area contributed by atoms with Crippen molar-refractivity contribution < 1.29 is 19.0 Å². The first-order valence-electron chi connectivity index (χ1n) is 5.63. The third-order valence-corrected chi connectivity index (χ3v) is 2.42. The van der Waals surface area contributed by atoms with Crippen LogP contribution in [0.1, 0.15) is 19.4 Å². The minimum Gasteiger partial charge on any atom is -0.504 e. The van der Waals surface area contributed by atoms with E-state index in [1.807, 2.05) is 18.2 Å². The zero-order chi connectivity index (χ0) is 13.5. The molecule has 1 rings (SSSR count). The van der Waals surface area contributed by atoms with Gasteiger partial charge in [0.15, 0.2) is 12.1 Å². The summed E-state index contributed by atoms with van der Waals surface area (Å²) in [6.45, 7) is 3.27. The molecule has 0 fully saturated rings. The van der Waals surface area contributed by atoms with E-state index in [2.05, 4.69) is 0 Å². The normalized spacial score (nSPS) is 13.0. The number of benzene rings is 1. The van der Waals surface area contributed by atoms with Crippen molar-refractivity contribution in [3.8, 4) is 5.75 Å². The molecule has 0 saturated carbocycles. The van der Waals surface area contributed by atoms with Crippen LogP contribution in [0.4, 0.5) is 0 Å². The number of carbonyl (C=O) groups is 1. The second kappa shape index (κ2) is 6.81. The number of para-hydroxylation sites is 1. The fourth-order valence-corrected chi connectivity index (χ4v) is 1.47. The zero-order valence-corrected chi connectivity index (χ0v) is 11.1. The minimum atomic E-state index is -0.387. The van der Waals surface area contributed by atoms with Crippen molar-refractivity contribution in [3.63, 3.8) is 0 Å². The van der Waals surface area contributed by atoms with Gasteiger partial charge < -0.3 is 14.2 Å². The summed E-state index contributed by atoms with van der Waals surface area (Å²) in [6.07, 6.45) is 1.03. The molecule has 1 aromatic rings. The van der Waals surface area contributed by atoms with Crippen LogP contribution in [0, 0.1) is 0 Å². The average Bonchev–Trinajstić information content (AvgIpc) is 2.36. The fraction of sp³-hybridized carbons (Fsp3) is 0.357. The third-order valence-electron chi connectivity index (χ3n) is 2.42. The van der Waals surface area contributed by atoms with Crippen molar-refractivity contribution in [3.05, 3.63) is 36.1 Å². The van der Waals surface area contributed by atoms with E-state index in [-0.39, 0.29) is 12.1 Å². The molecule has 0 aliphatic carbocycles. The molecule has 0 spiro atoms. The Hall–Kier alpha value is -1.81. The summed E-state index contributed by atoms with van der Waals surface area (Å²) in [5.41, 5.74) is 1.16. The van der Waals surface area contributed by atoms with Gasteiger partial charge in [-0.2, -0.15) is 0 Å². The van der Waals surface area contributed by atoms with Gasteiger partial charge in [0.1, 0.15) is 5.75 Å². The first-order valence-corrected chi connectivity index (χ1v) is 5.63. The molecule has 1 unspecified atom stereocenters. The Kier molecular flexibility index (Phi) is 5.39. The molecule has 0 amide bonds. The van der Waals surface area contributed by atoms with E-state index in [4.69, 9.17) is 14.2 Å². The lowest BCUT2D eigenvalue weighted by atomic mass is 10.0. The number of Topliss-reactive ketones (excluding diaryl/α,β-unsaturated/α-hetero) is 1. The van der Waals surface area contributed by atoms with Crippen molar-refractivity contribution >= 4 is 11.4 Å². The van der Waals surface area contributed by atoms with E-state index in [1.165, 1.54) is 20.3 Å². The topological polar surface area (TPSA) is 44.8 Å². The quantitative estimate of drug-likeness (QED) is 0.442. The van der Waals surface area contributed by atoms with Gasteiger partial charge in [-0.3, -0.25) is 4.79 Å². The summed E-state index contributed by atoms with van der Waals surface area (Å²) < 4.78 is 15.6. The summed E-state index contributed by atoms with van der Waals surface area (Å²) in [5.74, 6) is 0.503. The highest BCUT2D eigenvalue weighted by molar-refractivity contribution is 6.20. The lowest BCUT2D eigenvalue weighted by Crippen LogP contribution is -2.15. The molecule has 18 heavy (non-hydrogen) atoms. The molecule has 0 bridgehead atoms. The predicted octanol–water partition coefficient (Wildman–Crippen LogP) is 2.63. The Morgan fingerprint density at radius 3 is 2.50 bits per heavy atom. The van der Waals surface area contributed by atoms with E-state index in [0.29, 0.717) is 16.9 Å². The molecule has 4 nitrogen and oxygen atoms in total. The Morgan fingerprint density at radius 2 is 1.94 bits per heavy atom. The molecule has 0 heterocycles. The molecule has 1 atom stereocenters. The molecule has 0 aromatic heterocycles. The van der Waals surface area contributed by atoms with Crippen LogP contribution >= 0.6 is 0 Å². The van der Waals surface area contributed by atoms with E-state index in [9.17, 15) is 4.79 Å². The van der Waals surface area contributed by atoms with Gasteiger partial charge in [-0.25, -0.2) is 0 Å². The number of ether oxygens (including phenoxy) is 3. The summed E-state index contributed by atoms with van der Waals surface area (Å²) in [7, 11) is 3.06. The first-order chi connectivity index (χ1) is 8.60. The van der Waals surface area contributed by atoms with Gasteiger partial charge in [0.2, 0.25) is 0 Å². The number of carbonyl (C=O) groups excluding carboxylic acids is 1.